The van der Waals surface area contributed by atoms with Crippen molar-refractivity contribution >= 4 is 50.0 Å². The number of H-pyrrole nitrogens is 2. The monoisotopic (exact) mass is 768 g/mol. The summed E-state index contributed by atoms with van der Waals surface area (Å²) in [7, 11) is -4.32. The van der Waals surface area contributed by atoms with Gasteiger partial charge in [0.25, 0.3) is 27.5 Å². The molecule has 0 aliphatic rings. The average molecular weight is 769 g/mol. The number of aromatic amines is 2. The highest BCUT2D eigenvalue weighted by Gasteiger charge is 2.23. The van der Waals surface area contributed by atoms with Crippen LogP contribution in [-0.4, -0.2) is 46.9 Å². The smallest absolute Gasteiger partial charge is 0.269 e. The number of aryl methyl sites for hydroxylation is 5. The van der Waals surface area contributed by atoms with Gasteiger partial charge in [-0.25, -0.2) is 13.1 Å². The highest BCUT2D eigenvalue weighted by atomic mass is 35.5. The first-order chi connectivity index (χ1) is 25.7. The number of nitrogens with one attached hydrogen (secondary N) is 4. The van der Waals surface area contributed by atoms with E-state index in [9.17, 15) is 28.1 Å². The van der Waals surface area contributed by atoms with E-state index in [1.165, 1.54) is 12.1 Å². The number of fused-ring (bicyclic) bond motifs is 1. The number of rotatable bonds is 13. The molecule has 2 amide bonds. The number of para-hydroxylation sites is 1. The molecular formula is C39H37ClN6O7S. The van der Waals surface area contributed by atoms with Crippen LogP contribution in [0, 0.1) is 37.8 Å². The molecule has 0 bridgehead atoms. The van der Waals surface area contributed by atoms with Crippen molar-refractivity contribution in [2.24, 2.45) is 0 Å². The summed E-state index contributed by atoms with van der Waals surface area (Å²) >= 11 is 6.33. The van der Waals surface area contributed by atoms with Gasteiger partial charge in [-0.2, -0.15) is 5.10 Å². The number of halogens is 1. The van der Waals surface area contributed by atoms with Crippen molar-refractivity contribution in [2.45, 2.75) is 52.0 Å². The number of hydrogen-bond acceptors (Lipinski definition) is 8. The van der Waals surface area contributed by atoms with Crippen molar-refractivity contribution in [1.82, 2.24) is 25.2 Å². The Hall–Kier alpha value is -5.99. The summed E-state index contributed by atoms with van der Waals surface area (Å²) in [5.41, 5.74) is 7.74. The first kappa shape index (κ1) is 37.8. The van der Waals surface area contributed by atoms with E-state index in [0.717, 1.165) is 80.1 Å². The zero-order valence-corrected chi connectivity index (χ0v) is 31.4. The highest BCUT2D eigenvalue weighted by Crippen LogP contribution is 2.35. The molecule has 0 atom stereocenters. The Kier molecular flexibility index (Phi) is 10.9. The Morgan fingerprint density at radius 1 is 0.944 bits per heavy atom. The Bertz CT molecular complexity index is 2480. The third kappa shape index (κ3) is 7.99. The van der Waals surface area contributed by atoms with E-state index in [1.54, 1.807) is 12.1 Å². The van der Waals surface area contributed by atoms with Gasteiger partial charge >= 0.3 is 0 Å². The Morgan fingerprint density at radius 2 is 1.65 bits per heavy atom. The molecule has 4 N–H and O–H groups in total. The largest absolute Gasteiger partial charge is 0.494 e. The van der Waals surface area contributed by atoms with Crippen LogP contribution < -0.4 is 14.8 Å². The fraction of sp³-hybridized carbons (Fsp3) is 0.205. The maximum absolute atomic E-state index is 13.9. The van der Waals surface area contributed by atoms with Crippen molar-refractivity contribution in [2.75, 3.05) is 6.61 Å². The number of aromatic nitrogens is 3. The minimum Gasteiger partial charge on any atom is -0.494 e. The summed E-state index contributed by atoms with van der Waals surface area (Å²) in [6.07, 6.45) is 1.14. The zero-order valence-electron chi connectivity index (χ0n) is 29.9. The van der Waals surface area contributed by atoms with Gasteiger partial charge in [-0.1, -0.05) is 41.9 Å². The van der Waals surface area contributed by atoms with E-state index in [1.807, 2.05) is 62.7 Å². The van der Waals surface area contributed by atoms with Crippen LogP contribution in [0.4, 0.5) is 5.69 Å². The first-order valence-electron chi connectivity index (χ1n) is 17.0. The molecule has 0 spiro atoms. The maximum atomic E-state index is 13.9. The molecule has 0 saturated carbocycles. The molecule has 0 aliphatic carbocycles. The number of sulfonamides is 1. The summed E-state index contributed by atoms with van der Waals surface area (Å²) in [4.78, 5) is 40.3. The number of hydrogen-bond donors (Lipinski definition) is 4. The predicted molar refractivity (Wildman–Crippen MR) is 205 cm³/mol. The number of carbonyl (C=O) groups is 2. The summed E-state index contributed by atoms with van der Waals surface area (Å²) in [5, 5.41) is 22.9. The van der Waals surface area contributed by atoms with Gasteiger partial charge in [0, 0.05) is 51.5 Å². The van der Waals surface area contributed by atoms with Gasteiger partial charge in [-0.05, 0) is 99.2 Å². The molecule has 54 heavy (non-hydrogen) atoms. The molecule has 0 aliphatic heterocycles. The summed E-state index contributed by atoms with van der Waals surface area (Å²) in [6.45, 7) is 8.17. The zero-order chi connectivity index (χ0) is 38.7. The molecule has 6 rings (SSSR count). The molecule has 4 aromatic carbocycles. The normalized spacial score (nSPS) is 11.4. The molecule has 6 aromatic rings. The number of nitro benzene ring substituents is 1. The molecule has 0 saturated heterocycles. The standard InChI is InChI=1S/C39H37ClN6O7S/c1-22-18-29(19-23(2)35(22)40)53-17-7-12-32-31-10-6-11-33(34-24(3)43-44-25(34)4)36(31)42-37(32)39(48)41-21-26-8-5-9-27(20-26)38(47)45-54(51,52)30-15-13-28(14-16-30)46(49)50/h5-6,8-11,13-16,18-20,42H,7,12,17,21H2,1-4H3,(H,41,48)(H,43,44)(H,45,47). The fourth-order valence-corrected chi connectivity index (χ4v) is 7.48. The van der Waals surface area contributed by atoms with Crippen LogP contribution >= 0.6 is 11.6 Å². The number of ether oxygens (including phenoxy) is 1. The van der Waals surface area contributed by atoms with E-state index in [0.29, 0.717) is 35.7 Å². The molecule has 0 fully saturated rings. The number of nitro groups is 1. The third-order valence-corrected chi connectivity index (χ3v) is 11.0. The van der Waals surface area contributed by atoms with Crippen LogP contribution in [0.5, 0.6) is 5.75 Å². The second-order valence-corrected chi connectivity index (χ2v) is 15.0. The van der Waals surface area contributed by atoms with Gasteiger partial charge in [0.2, 0.25) is 0 Å². The lowest BCUT2D eigenvalue weighted by Gasteiger charge is -2.11. The molecule has 0 radical (unpaired) electrons. The van der Waals surface area contributed by atoms with Crippen molar-refractivity contribution in [1.29, 1.82) is 0 Å². The van der Waals surface area contributed by atoms with Crippen LogP contribution in [0.2, 0.25) is 5.02 Å². The minimum atomic E-state index is -4.32. The van der Waals surface area contributed by atoms with E-state index >= 15 is 0 Å². The lowest BCUT2D eigenvalue weighted by Crippen LogP contribution is -2.30. The third-order valence-electron chi connectivity index (χ3n) is 9.04. The van der Waals surface area contributed by atoms with Gasteiger partial charge < -0.3 is 15.0 Å². The minimum absolute atomic E-state index is 0.0368. The molecule has 13 nitrogen and oxygen atoms in total. The average Bonchev–Trinajstić information content (AvgIpc) is 3.69. The van der Waals surface area contributed by atoms with E-state index < -0.39 is 20.9 Å². The van der Waals surface area contributed by atoms with E-state index in [2.05, 4.69) is 20.5 Å². The Morgan fingerprint density at radius 3 is 2.31 bits per heavy atom. The van der Waals surface area contributed by atoms with E-state index in [4.69, 9.17) is 16.3 Å². The van der Waals surface area contributed by atoms with Gasteiger partial charge in [0.05, 0.1) is 27.6 Å². The quantitative estimate of drug-likeness (QED) is 0.0531. The molecule has 0 unspecified atom stereocenters. The maximum Gasteiger partial charge on any atom is 0.269 e. The van der Waals surface area contributed by atoms with Gasteiger partial charge in [-0.3, -0.25) is 24.8 Å². The van der Waals surface area contributed by atoms with Gasteiger partial charge in [0.1, 0.15) is 11.4 Å². The van der Waals surface area contributed by atoms with Crippen molar-refractivity contribution in [3.05, 3.63) is 139 Å². The summed E-state index contributed by atoms with van der Waals surface area (Å²) < 4.78 is 33.7. The number of carbonyl (C=O) groups excluding carboxylic acids is 2. The number of non-ortho nitro benzene ring substituents is 1. The van der Waals surface area contributed by atoms with Crippen molar-refractivity contribution in [3.8, 4) is 16.9 Å². The number of benzene rings is 4. The van der Waals surface area contributed by atoms with Crippen molar-refractivity contribution in [3.63, 3.8) is 0 Å². The highest BCUT2D eigenvalue weighted by molar-refractivity contribution is 7.90. The summed E-state index contributed by atoms with van der Waals surface area (Å²) in [6, 6.07) is 20.1. The van der Waals surface area contributed by atoms with Crippen LogP contribution in [0.15, 0.2) is 83.8 Å². The fourth-order valence-electron chi connectivity index (χ4n) is 6.39. The summed E-state index contributed by atoms with van der Waals surface area (Å²) in [5.74, 6) is -0.546. The van der Waals surface area contributed by atoms with Crippen molar-refractivity contribution < 1.29 is 27.7 Å². The van der Waals surface area contributed by atoms with Crippen LogP contribution in [0.1, 0.15) is 60.9 Å². The predicted octanol–water partition coefficient (Wildman–Crippen LogP) is 7.41. The van der Waals surface area contributed by atoms with Crippen LogP contribution in [-0.2, 0) is 23.0 Å². The second-order valence-electron chi connectivity index (χ2n) is 12.9. The van der Waals surface area contributed by atoms with Gasteiger partial charge in [-0.15, -0.1) is 0 Å². The SMILES string of the molecule is Cc1cc(OCCCc2c(C(=O)NCc3cccc(C(=O)NS(=O)(=O)c4ccc([N+](=O)[O-])cc4)c3)[nH]c3c(-c4c(C)n[nH]c4C)cccc23)cc(C)c1Cl. The van der Waals surface area contributed by atoms with E-state index in [-0.39, 0.29) is 28.6 Å². The lowest BCUT2D eigenvalue weighted by atomic mass is 9.98. The van der Waals surface area contributed by atoms with Crippen LogP contribution in [0.25, 0.3) is 22.0 Å². The number of amides is 2. The Balaban J connectivity index is 1.21. The van der Waals surface area contributed by atoms with Crippen LogP contribution in [0.3, 0.4) is 0 Å². The van der Waals surface area contributed by atoms with Gasteiger partial charge in [0.15, 0.2) is 0 Å². The molecule has 278 valence electrons. The number of nitrogens with zero attached hydrogens (tertiary/aromatic N) is 2. The topological polar surface area (TPSA) is 189 Å². The molecule has 15 heteroatoms. The lowest BCUT2D eigenvalue weighted by molar-refractivity contribution is -0.384. The Labute approximate surface area is 316 Å². The molecule has 2 heterocycles. The molecular weight excluding hydrogens is 732 g/mol. The second kappa shape index (κ2) is 15.5. The first-order valence-corrected chi connectivity index (χ1v) is 18.8. The molecule has 2 aromatic heterocycles.